The van der Waals surface area contributed by atoms with Crippen LogP contribution >= 0.6 is 0 Å². The van der Waals surface area contributed by atoms with Gasteiger partial charge in [-0.2, -0.15) is 0 Å². The van der Waals surface area contributed by atoms with Gasteiger partial charge in [-0.25, -0.2) is 4.39 Å². The first-order chi connectivity index (χ1) is 12.2. The highest BCUT2D eigenvalue weighted by atomic mass is 19.1. The van der Waals surface area contributed by atoms with Crippen LogP contribution in [0, 0.1) is 17.3 Å². The van der Waals surface area contributed by atoms with Gasteiger partial charge in [0, 0.05) is 12.3 Å². The SMILES string of the molecule is CC12C=CCC1[C@@]1(O)CCC3CCC(O)CC3(O)C(F)C1=CC2.CNC. The number of hydrogen-bond acceptors (Lipinski definition) is 4. The molecule has 5 heteroatoms. The molecule has 0 aliphatic heterocycles. The summed E-state index contributed by atoms with van der Waals surface area (Å²) in [7, 11) is 3.75. The molecule has 0 radical (unpaired) electrons. The lowest BCUT2D eigenvalue weighted by atomic mass is 9.60. The maximum atomic E-state index is 15.5. The summed E-state index contributed by atoms with van der Waals surface area (Å²) in [5, 5.41) is 35.3. The number of aliphatic hydroxyl groups excluding tert-OH is 1. The summed E-state index contributed by atoms with van der Waals surface area (Å²) < 4.78 is 15.5. The van der Waals surface area contributed by atoms with Gasteiger partial charge in [0.15, 0.2) is 6.17 Å². The van der Waals surface area contributed by atoms with Gasteiger partial charge < -0.3 is 20.6 Å². The first-order valence-electron chi connectivity index (χ1n) is 9.95. The Morgan fingerprint density at radius 3 is 2.58 bits per heavy atom. The third kappa shape index (κ3) is 2.97. The molecule has 0 aromatic heterocycles. The first kappa shape index (κ1) is 20.0. The second kappa shape index (κ2) is 7.01. The molecular weight excluding hydrogens is 333 g/mol. The number of allylic oxidation sites excluding steroid dienone is 3. The summed E-state index contributed by atoms with van der Waals surface area (Å²) in [6.45, 7) is 2.13. The molecule has 4 N–H and O–H groups in total. The van der Waals surface area contributed by atoms with E-state index in [1.165, 1.54) is 0 Å². The Morgan fingerprint density at radius 2 is 1.88 bits per heavy atom. The van der Waals surface area contributed by atoms with E-state index in [-0.39, 0.29) is 23.7 Å². The Morgan fingerprint density at radius 1 is 1.19 bits per heavy atom. The smallest absolute Gasteiger partial charge is 0.153 e. The van der Waals surface area contributed by atoms with E-state index in [4.69, 9.17) is 0 Å². The van der Waals surface area contributed by atoms with E-state index in [2.05, 4.69) is 24.4 Å². The Bertz CT molecular complexity index is 594. The zero-order valence-corrected chi connectivity index (χ0v) is 16.2. The molecule has 0 heterocycles. The molecule has 26 heavy (non-hydrogen) atoms. The molecule has 4 aliphatic rings. The van der Waals surface area contributed by atoms with Crippen LogP contribution in [0.5, 0.6) is 0 Å². The quantitative estimate of drug-likeness (QED) is 0.497. The first-order valence-corrected chi connectivity index (χ1v) is 9.95. The summed E-state index contributed by atoms with van der Waals surface area (Å²) in [6, 6.07) is 0. The minimum Gasteiger partial charge on any atom is -0.393 e. The van der Waals surface area contributed by atoms with Crippen LogP contribution in [-0.4, -0.2) is 52.9 Å². The molecule has 4 nitrogen and oxygen atoms in total. The van der Waals surface area contributed by atoms with Gasteiger partial charge in [-0.15, -0.1) is 0 Å². The molecule has 0 bridgehead atoms. The van der Waals surface area contributed by atoms with Crippen LogP contribution in [0.15, 0.2) is 23.8 Å². The molecular formula is C21H34FNO3. The standard InChI is InChI=1S/C19H27FO3.C2H7N/c1-17-8-2-3-15(17)18(22)10-6-12-4-5-13(21)11-19(12,23)16(20)14(18)7-9-17;1-3-2/h2,7-8,12-13,15-16,21-23H,3-6,9-11H2,1H3;3H,1-2H3/t12?,13?,15?,16?,17?,18-,19?;/m1./s1. The van der Waals surface area contributed by atoms with Crippen molar-refractivity contribution in [3.63, 3.8) is 0 Å². The van der Waals surface area contributed by atoms with Gasteiger partial charge in [0.2, 0.25) is 0 Å². The van der Waals surface area contributed by atoms with Gasteiger partial charge in [-0.05, 0) is 69.5 Å². The fraction of sp³-hybridized carbons (Fsp3) is 0.810. The normalized spacial score (nSPS) is 49.7. The summed E-state index contributed by atoms with van der Waals surface area (Å²) in [5.41, 5.74) is -2.44. The average molecular weight is 368 g/mol. The Balaban J connectivity index is 0.000000613. The maximum Gasteiger partial charge on any atom is 0.153 e. The van der Waals surface area contributed by atoms with Gasteiger partial charge in [-0.3, -0.25) is 0 Å². The Labute approximate surface area is 156 Å². The van der Waals surface area contributed by atoms with Gasteiger partial charge in [-0.1, -0.05) is 25.2 Å². The van der Waals surface area contributed by atoms with Gasteiger partial charge in [0.05, 0.1) is 11.7 Å². The topological polar surface area (TPSA) is 72.7 Å². The van der Waals surface area contributed by atoms with Crippen LogP contribution in [-0.2, 0) is 0 Å². The lowest BCUT2D eigenvalue weighted by molar-refractivity contribution is -0.124. The van der Waals surface area contributed by atoms with Crippen molar-refractivity contribution in [1.29, 1.82) is 0 Å². The third-order valence-electron chi connectivity index (χ3n) is 7.21. The number of hydrogen-bond donors (Lipinski definition) is 4. The molecule has 0 amide bonds. The van der Waals surface area contributed by atoms with E-state index in [0.29, 0.717) is 37.7 Å². The summed E-state index contributed by atoms with van der Waals surface area (Å²) in [4.78, 5) is 0. The molecule has 0 spiro atoms. The van der Waals surface area contributed by atoms with Crippen LogP contribution in [0.1, 0.15) is 51.9 Å². The number of fused-ring (bicyclic) bond motifs is 4. The average Bonchev–Trinajstić information content (AvgIpc) is 2.94. The van der Waals surface area contributed by atoms with Crippen molar-refractivity contribution in [3.8, 4) is 0 Å². The van der Waals surface area contributed by atoms with Crippen molar-refractivity contribution in [2.24, 2.45) is 17.3 Å². The minimum absolute atomic E-state index is 0.0121. The van der Waals surface area contributed by atoms with Crippen molar-refractivity contribution in [3.05, 3.63) is 23.8 Å². The fourth-order valence-electron chi connectivity index (χ4n) is 5.82. The van der Waals surface area contributed by atoms with Crippen LogP contribution in [0.2, 0.25) is 0 Å². The van der Waals surface area contributed by atoms with E-state index in [0.717, 1.165) is 6.42 Å². The molecule has 4 rings (SSSR count). The minimum atomic E-state index is -1.58. The molecule has 2 saturated carbocycles. The molecule has 0 saturated heterocycles. The second-order valence-electron chi connectivity index (χ2n) is 9.01. The fourth-order valence-corrected chi connectivity index (χ4v) is 5.82. The van der Waals surface area contributed by atoms with E-state index >= 15 is 4.39 Å². The third-order valence-corrected chi connectivity index (χ3v) is 7.21. The number of alkyl halides is 1. The number of nitrogens with one attached hydrogen (secondary N) is 1. The Hall–Kier alpha value is -0.750. The zero-order chi connectivity index (χ0) is 19.2. The van der Waals surface area contributed by atoms with Gasteiger partial charge >= 0.3 is 0 Å². The van der Waals surface area contributed by atoms with Crippen molar-refractivity contribution in [2.45, 2.75) is 75.3 Å². The van der Waals surface area contributed by atoms with Crippen molar-refractivity contribution in [1.82, 2.24) is 5.32 Å². The molecule has 6 unspecified atom stereocenters. The molecule has 148 valence electrons. The van der Waals surface area contributed by atoms with Gasteiger partial charge in [0.25, 0.3) is 0 Å². The molecule has 0 aromatic rings. The zero-order valence-electron chi connectivity index (χ0n) is 16.2. The molecule has 4 aliphatic carbocycles. The summed E-state index contributed by atoms with van der Waals surface area (Å²) in [6.07, 6.45) is 7.76. The highest BCUT2D eigenvalue weighted by molar-refractivity contribution is 5.36. The summed E-state index contributed by atoms with van der Waals surface area (Å²) in [5.74, 6) is -0.195. The van der Waals surface area contributed by atoms with E-state index in [1.807, 2.05) is 20.2 Å². The number of halogens is 1. The Kier molecular flexibility index (Phi) is 5.39. The molecule has 2 fully saturated rings. The van der Waals surface area contributed by atoms with Crippen LogP contribution in [0.3, 0.4) is 0 Å². The molecule has 7 atom stereocenters. The van der Waals surface area contributed by atoms with Crippen molar-refractivity contribution in [2.75, 3.05) is 14.1 Å². The lowest BCUT2D eigenvalue weighted by Crippen LogP contribution is -2.55. The molecule has 0 aromatic carbocycles. The van der Waals surface area contributed by atoms with Gasteiger partial charge in [0.1, 0.15) is 5.60 Å². The second-order valence-corrected chi connectivity index (χ2v) is 9.01. The number of aliphatic hydroxyl groups is 3. The van der Waals surface area contributed by atoms with E-state index in [1.54, 1.807) is 0 Å². The summed E-state index contributed by atoms with van der Waals surface area (Å²) >= 11 is 0. The predicted octanol–water partition coefficient (Wildman–Crippen LogP) is 2.49. The van der Waals surface area contributed by atoms with Crippen LogP contribution in [0.4, 0.5) is 4.39 Å². The van der Waals surface area contributed by atoms with Crippen molar-refractivity contribution < 1.29 is 19.7 Å². The van der Waals surface area contributed by atoms with Crippen LogP contribution < -0.4 is 5.32 Å². The lowest BCUT2D eigenvalue weighted by Gasteiger charge is -2.49. The van der Waals surface area contributed by atoms with Crippen LogP contribution in [0.25, 0.3) is 0 Å². The van der Waals surface area contributed by atoms with E-state index in [9.17, 15) is 15.3 Å². The number of rotatable bonds is 0. The highest BCUT2D eigenvalue weighted by Gasteiger charge is 2.61. The largest absolute Gasteiger partial charge is 0.393 e. The van der Waals surface area contributed by atoms with Crippen molar-refractivity contribution >= 4 is 0 Å². The van der Waals surface area contributed by atoms with E-state index < -0.39 is 23.5 Å². The monoisotopic (exact) mass is 367 g/mol. The highest BCUT2D eigenvalue weighted by Crippen LogP contribution is 2.59. The predicted molar refractivity (Wildman–Crippen MR) is 100 cm³/mol. The maximum absolute atomic E-state index is 15.5.